The predicted molar refractivity (Wildman–Crippen MR) is 240 cm³/mol. The fourth-order valence-corrected chi connectivity index (χ4v) is 9.93. The third-order valence-corrected chi connectivity index (χ3v) is 14.0. The number of amides is 1. The molecule has 4 aromatic rings. The van der Waals surface area contributed by atoms with Crippen LogP contribution in [0.2, 0.25) is 5.02 Å². The number of hydrogen-bond acceptors (Lipinski definition) is 13. The van der Waals surface area contributed by atoms with Crippen molar-refractivity contribution in [3.05, 3.63) is 105 Å². The maximum absolute atomic E-state index is 14.2. The minimum absolute atomic E-state index is 0.0961. The third-order valence-electron chi connectivity index (χ3n) is 12.4. The van der Waals surface area contributed by atoms with Gasteiger partial charge in [-0.15, -0.1) is 0 Å². The number of ether oxygens (including phenoxy) is 2. The van der Waals surface area contributed by atoms with Crippen LogP contribution in [0.4, 0.5) is 28.4 Å². The summed E-state index contributed by atoms with van der Waals surface area (Å²) >= 11 is 6.25. The fourth-order valence-electron chi connectivity index (χ4n) is 8.82. The van der Waals surface area contributed by atoms with E-state index in [1.165, 1.54) is 35.2 Å². The highest BCUT2D eigenvalue weighted by Crippen LogP contribution is 2.44. The van der Waals surface area contributed by atoms with E-state index in [9.17, 15) is 23.3 Å². The van der Waals surface area contributed by atoms with E-state index < -0.39 is 31.4 Å². The number of fused-ring (bicyclic) bond motifs is 1. The lowest BCUT2D eigenvalue weighted by Gasteiger charge is -2.39. The maximum Gasteiger partial charge on any atom is 0.293 e. The number of halogens is 1. The van der Waals surface area contributed by atoms with Crippen molar-refractivity contribution < 1.29 is 27.6 Å². The molecule has 17 heteroatoms. The Morgan fingerprint density at radius 3 is 2.52 bits per heavy atom. The van der Waals surface area contributed by atoms with Gasteiger partial charge >= 0.3 is 0 Å². The number of allylic oxidation sites excluding steroid dienone is 1. The molecule has 2 fully saturated rings. The second-order valence-corrected chi connectivity index (χ2v) is 19.4. The van der Waals surface area contributed by atoms with Gasteiger partial charge in [-0.3, -0.25) is 19.8 Å². The van der Waals surface area contributed by atoms with Crippen molar-refractivity contribution in [2.45, 2.75) is 57.3 Å². The number of hydrogen-bond donors (Lipinski definition) is 2. The molecule has 1 aliphatic carbocycles. The van der Waals surface area contributed by atoms with Crippen LogP contribution in [0.5, 0.6) is 5.88 Å². The summed E-state index contributed by atoms with van der Waals surface area (Å²) in [5.41, 5.74) is 6.13. The van der Waals surface area contributed by atoms with Crippen molar-refractivity contribution in [2.24, 2.45) is 11.3 Å². The Hall–Kier alpha value is -5.29. The van der Waals surface area contributed by atoms with E-state index in [1.54, 1.807) is 12.3 Å². The summed E-state index contributed by atoms with van der Waals surface area (Å²) in [6, 6.07) is 17.2. The lowest BCUT2D eigenvalue weighted by atomic mass is 9.72. The summed E-state index contributed by atoms with van der Waals surface area (Å²) in [6.07, 6.45) is 8.47. The van der Waals surface area contributed by atoms with Crippen LogP contribution in [0.3, 0.4) is 0 Å². The van der Waals surface area contributed by atoms with E-state index in [1.807, 2.05) is 29.2 Å². The molecule has 0 bridgehead atoms. The second kappa shape index (κ2) is 18.6. The first-order valence-electron chi connectivity index (χ1n) is 21.3. The van der Waals surface area contributed by atoms with E-state index in [0.29, 0.717) is 56.6 Å². The van der Waals surface area contributed by atoms with E-state index >= 15 is 0 Å². The molecule has 15 nitrogen and oxygen atoms in total. The first-order valence-corrected chi connectivity index (χ1v) is 23.2. The zero-order valence-corrected chi connectivity index (χ0v) is 36.7. The average Bonchev–Trinajstić information content (AvgIpc) is 3.49. The Balaban J connectivity index is 1.03. The number of benzene rings is 3. The SMILES string of the molecule is CC1(C)CCC(CN2CCN(c3ccc(C(=O)NS(=O)(=O)c4ccc(NCC5CCOCC5)c([N+](=O)[O-])c4)c(N4CCCOc5ncncc54)c3)CC2)=C(c2ccc(Cl)cc2)C1. The first-order chi connectivity index (χ1) is 29.8. The van der Waals surface area contributed by atoms with Gasteiger partial charge in [0.05, 0.1) is 33.9 Å². The summed E-state index contributed by atoms with van der Waals surface area (Å²) < 4.78 is 41.2. The number of nitro groups is 1. The summed E-state index contributed by atoms with van der Waals surface area (Å²) in [6.45, 7) is 11.3. The molecule has 2 saturated heterocycles. The molecule has 1 aromatic heterocycles. The fraction of sp³-hybridized carbons (Fsp3) is 0.444. The topological polar surface area (TPSA) is 172 Å². The lowest BCUT2D eigenvalue weighted by molar-refractivity contribution is -0.384. The molecule has 0 spiro atoms. The summed E-state index contributed by atoms with van der Waals surface area (Å²) in [5, 5.41) is 16.0. The van der Waals surface area contributed by atoms with Crippen LogP contribution in [0.1, 0.15) is 68.3 Å². The van der Waals surface area contributed by atoms with E-state index in [-0.39, 0.29) is 22.6 Å². The second-order valence-electron chi connectivity index (χ2n) is 17.3. The third kappa shape index (κ3) is 9.99. The molecule has 0 unspecified atom stereocenters. The van der Waals surface area contributed by atoms with Gasteiger partial charge in [0.25, 0.3) is 21.6 Å². The maximum atomic E-state index is 14.2. The summed E-state index contributed by atoms with van der Waals surface area (Å²) in [5.74, 6) is -0.256. The lowest BCUT2D eigenvalue weighted by Crippen LogP contribution is -2.47. The van der Waals surface area contributed by atoms with Gasteiger partial charge in [-0.1, -0.05) is 43.2 Å². The highest BCUT2D eigenvalue weighted by atomic mass is 35.5. The number of sulfonamides is 1. The molecule has 328 valence electrons. The van der Waals surface area contributed by atoms with Gasteiger partial charge in [0.2, 0.25) is 5.88 Å². The van der Waals surface area contributed by atoms with Crippen molar-refractivity contribution in [2.75, 3.05) is 80.8 Å². The van der Waals surface area contributed by atoms with Gasteiger partial charge in [-0.05, 0) is 103 Å². The summed E-state index contributed by atoms with van der Waals surface area (Å²) in [4.78, 5) is 40.6. The number of nitrogens with one attached hydrogen (secondary N) is 2. The molecular weight excluding hydrogens is 832 g/mol. The van der Waals surface area contributed by atoms with Crippen molar-refractivity contribution in [1.82, 2.24) is 19.6 Å². The molecule has 62 heavy (non-hydrogen) atoms. The molecule has 0 saturated carbocycles. The monoisotopic (exact) mass is 884 g/mol. The Morgan fingerprint density at radius 1 is 0.984 bits per heavy atom. The standard InChI is InChI=1S/C45H53ClN8O7S/c1-45(2)15-12-33(38(26-45)32-4-6-34(46)7-5-32)29-51-17-19-52(20-18-51)35-8-10-37(40(24-35)53-16-3-21-61-44-42(53)28-47-30-49-44)43(55)50-62(58,59)36-9-11-39(41(25-36)54(56)57)48-27-31-13-22-60-23-14-31/h4-11,24-25,28,30-31,48H,3,12-23,26-27,29H2,1-2H3,(H,50,55). The smallest absolute Gasteiger partial charge is 0.293 e. The minimum Gasteiger partial charge on any atom is -0.476 e. The zero-order chi connectivity index (χ0) is 43.4. The number of aromatic nitrogens is 2. The molecule has 0 radical (unpaired) electrons. The van der Waals surface area contributed by atoms with Gasteiger partial charge in [0.1, 0.15) is 17.7 Å². The van der Waals surface area contributed by atoms with Crippen molar-refractivity contribution >= 4 is 61.5 Å². The highest BCUT2D eigenvalue weighted by Gasteiger charge is 2.32. The Labute approximate surface area is 367 Å². The molecule has 4 heterocycles. The van der Waals surface area contributed by atoms with Gasteiger partial charge in [-0.25, -0.2) is 18.1 Å². The quantitative estimate of drug-likeness (QED) is 0.105. The number of piperazine rings is 1. The zero-order valence-electron chi connectivity index (χ0n) is 35.1. The summed E-state index contributed by atoms with van der Waals surface area (Å²) in [7, 11) is -4.55. The van der Waals surface area contributed by atoms with Gasteiger partial charge in [0.15, 0.2) is 0 Å². The average molecular weight is 885 g/mol. The van der Waals surface area contributed by atoms with Crippen molar-refractivity contribution in [3.8, 4) is 5.88 Å². The molecule has 4 aliphatic rings. The number of carbonyl (C=O) groups excluding carboxylic acids is 1. The van der Waals surface area contributed by atoms with Crippen LogP contribution in [-0.2, 0) is 14.8 Å². The van der Waals surface area contributed by atoms with Gasteiger partial charge in [0, 0.05) is 75.8 Å². The van der Waals surface area contributed by atoms with E-state index in [0.717, 1.165) is 81.6 Å². The number of nitrogens with zero attached hydrogens (tertiary/aromatic N) is 6. The molecule has 0 atom stereocenters. The number of anilines is 4. The van der Waals surface area contributed by atoms with Gasteiger partial charge in [-0.2, -0.15) is 4.98 Å². The molecule has 8 rings (SSSR count). The highest BCUT2D eigenvalue weighted by molar-refractivity contribution is 7.90. The molecule has 3 aliphatic heterocycles. The Morgan fingerprint density at radius 2 is 1.76 bits per heavy atom. The number of carbonyl (C=O) groups is 1. The number of nitro benzene ring substituents is 1. The van der Waals surface area contributed by atoms with Crippen LogP contribution in [0.15, 0.2) is 83.7 Å². The Bertz CT molecular complexity index is 2430. The molecule has 2 N–H and O–H groups in total. The molecular formula is C45H53ClN8O7S. The molecule has 3 aromatic carbocycles. The predicted octanol–water partition coefficient (Wildman–Crippen LogP) is 7.70. The van der Waals surface area contributed by atoms with Crippen LogP contribution in [0.25, 0.3) is 5.57 Å². The van der Waals surface area contributed by atoms with Crippen molar-refractivity contribution in [3.63, 3.8) is 0 Å². The van der Waals surface area contributed by atoms with E-state index in [2.05, 4.69) is 55.8 Å². The largest absolute Gasteiger partial charge is 0.476 e. The van der Waals surface area contributed by atoms with Crippen LogP contribution in [0, 0.1) is 21.4 Å². The molecule has 1 amide bonds. The van der Waals surface area contributed by atoms with E-state index in [4.69, 9.17) is 21.1 Å². The van der Waals surface area contributed by atoms with Crippen LogP contribution >= 0.6 is 11.6 Å². The number of rotatable bonds is 12. The van der Waals surface area contributed by atoms with Gasteiger partial charge < -0.3 is 24.6 Å². The first kappa shape index (κ1) is 43.4. The van der Waals surface area contributed by atoms with Crippen molar-refractivity contribution in [1.29, 1.82) is 0 Å². The minimum atomic E-state index is -4.55. The van der Waals surface area contributed by atoms with Crippen LogP contribution in [-0.4, -0.2) is 99.8 Å². The van der Waals surface area contributed by atoms with Crippen LogP contribution < -0.4 is 24.6 Å². The normalized spacial score (nSPS) is 18.7. The Kier molecular flexibility index (Phi) is 13.0.